The monoisotopic (exact) mass is 384 g/mol. The van der Waals surface area contributed by atoms with Gasteiger partial charge in [-0.2, -0.15) is 5.26 Å². The number of nitrogens with zero attached hydrogens (tertiary/aromatic N) is 3. The molecule has 27 heavy (non-hydrogen) atoms. The average Bonchev–Trinajstić information content (AvgIpc) is 3.16. The summed E-state index contributed by atoms with van der Waals surface area (Å²) in [6, 6.07) is 9.73. The zero-order chi connectivity index (χ0) is 19.8. The maximum absolute atomic E-state index is 9.51. The first-order chi connectivity index (χ1) is 13.0. The van der Waals surface area contributed by atoms with Crippen LogP contribution in [-0.2, 0) is 4.79 Å². The number of pyridine rings is 1. The van der Waals surface area contributed by atoms with E-state index >= 15 is 0 Å². The maximum atomic E-state index is 9.51. The van der Waals surface area contributed by atoms with Crippen LogP contribution < -0.4 is 20.1 Å². The molecule has 0 spiro atoms. The molecule has 2 aromatic rings. The summed E-state index contributed by atoms with van der Waals surface area (Å²) in [7, 11) is 3.15. The standard InChI is InChI=1S/C17H15N3O2S.C2H5NO/c1-21-15-9-13(11-18)14(10-16(15)22-2)20-7-8-23-17(20)12-3-5-19-6-4-12;1-2(3)4/h3-10,17H,1-2H3;1H3,(H2,3,4). The van der Waals surface area contributed by atoms with Gasteiger partial charge in [-0.3, -0.25) is 9.78 Å². The summed E-state index contributed by atoms with van der Waals surface area (Å²) in [5.41, 5.74) is 6.91. The Morgan fingerprint density at radius 1 is 1.26 bits per heavy atom. The lowest BCUT2D eigenvalue weighted by Crippen LogP contribution is -2.18. The largest absolute Gasteiger partial charge is 0.493 e. The van der Waals surface area contributed by atoms with Gasteiger partial charge in [0.1, 0.15) is 11.4 Å². The van der Waals surface area contributed by atoms with E-state index in [1.54, 1.807) is 44.4 Å². The number of aromatic nitrogens is 1. The van der Waals surface area contributed by atoms with E-state index in [2.05, 4.69) is 21.7 Å². The van der Waals surface area contributed by atoms with Crippen molar-refractivity contribution in [3.8, 4) is 17.6 Å². The Hall–Kier alpha value is -3.18. The summed E-state index contributed by atoms with van der Waals surface area (Å²) in [5.74, 6) is 0.810. The first-order valence-electron chi connectivity index (χ1n) is 7.94. The number of carbonyl (C=O) groups is 1. The van der Waals surface area contributed by atoms with E-state index in [1.807, 2.05) is 29.8 Å². The van der Waals surface area contributed by atoms with Gasteiger partial charge in [0.05, 0.1) is 25.5 Å². The van der Waals surface area contributed by atoms with E-state index in [0.717, 1.165) is 11.3 Å². The Kier molecular flexibility index (Phi) is 7.08. The number of rotatable bonds is 4. The van der Waals surface area contributed by atoms with Crippen molar-refractivity contribution >= 4 is 23.4 Å². The van der Waals surface area contributed by atoms with Crippen LogP contribution in [0.25, 0.3) is 0 Å². The van der Waals surface area contributed by atoms with Crippen LogP contribution in [0.15, 0.2) is 48.3 Å². The molecule has 0 fully saturated rings. The lowest BCUT2D eigenvalue weighted by Gasteiger charge is -2.26. The molecular formula is C19H20N4O3S. The molecule has 1 aliphatic rings. The molecule has 1 aromatic carbocycles. The number of thioether (sulfide) groups is 1. The van der Waals surface area contributed by atoms with Crippen LogP contribution in [0.4, 0.5) is 5.69 Å². The predicted octanol–water partition coefficient (Wildman–Crippen LogP) is 3.19. The van der Waals surface area contributed by atoms with Gasteiger partial charge in [0.2, 0.25) is 5.91 Å². The molecule has 0 bridgehead atoms. The lowest BCUT2D eigenvalue weighted by atomic mass is 10.1. The van der Waals surface area contributed by atoms with E-state index in [-0.39, 0.29) is 11.3 Å². The van der Waals surface area contributed by atoms with Crippen molar-refractivity contribution in [3.63, 3.8) is 0 Å². The number of nitriles is 1. The molecule has 0 radical (unpaired) electrons. The van der Waals surface area contributed by atoms with Crippen LogP contribution in [0.2, 0.25) is 0 Å². The van der Waals surface area contributed by atoms with Crippen LogP contribution in [0.1, 0.15) is 23.4 Å². The van der Waals surface area contributed by atoms with Crippen LogP contribution in [0.3, 0.4) is 0 Å². The third kappa shape index (κ3) is 4.92. The first kappa shape index (κ1) is 20.1. The molecular weight excluding hydrogens is 364 g/mol. The Bertz CT molecular complexity index is 861. The number of hydrogen-bond acceptors (Lipinski definition) is 7. The minimum Gasteiger partial charge on any atom is -0.493 e. The van der Waals surface area contributed by atoms with E-state index in [9.17, 15) is 10.1 Å². The van der Waals surface area contributed by atoms with Crippen molar-refractivity contribution in [3.05, 3.63) is 59.4 Å². The smallest absolute Gasteiger partial charge is 0.214 e. The zero-order valence-electron chi connectivity index (χ0n) is 15.2. The predicted molar refractivity (Wildman–Crippen MR) is 105 cm³/mol. The maximum Gasteiger partial charge on any atom is 0.214 e. The molecule has 2 heterocycles. The number of anilines is 1. The van der Waals surface area contributed by atoms with Gasteiger partial charge >= 0.3 is 0 Å². The van der Waals surface area contributed by atoms with Gasteiger partial charge in [0.25, 0.3) is 0 Å². The average molecular weight is 384 g/mol. The fourth-order valence-electron chi connectivity index (χ4n) is 2.46. The summed E-state index contributed by atoms with van der Waals surface area (Å²) >= 11 is 1.68. The van der Waals surface area contributed by atoms with Gasteiger partial charge in [-0.05, 0) is 23.1 Å². The zero-order valence-corrected chi connectivity index (χ0v) is 16.1. The molecule has 8 heteroatoms. The second kappa shape index (κ2) is 9.50. The highest BCUT2D eigenvalue weighted by atomic mass is 32.2. The number of nitrogens with two attached hydrogens (primary N) is 1. The topological polar surface area (TPSA) is 101 Å². The van der Waals surface area contributed by atoms with Crippen LogP contribution in [-0.4, -0.2) is 25.1 Å². The number of carbonyl (C=O) groups excluding carboxylic acids is 1. The van der Waals surface area contributed by atoms with Gasteiger partial charge in [-0.25, -0.2) is 0 Å². The number of primary amides is 1. The van der Waals surface area contributed by atoms with Crippen LogP contribution in [0.5, 0.6) is 11.5 Å². The normalized spacial score (nSPS) is 14.7. The molecule has 0 aliphatic carbocycles. The molecule has 140 valence electrons. The highest BCUT2D eigenvalue weighted by Crippen LogP contribution is 2.45. The van der Waals surface area contributed by atoms with Crippen molar-refractivity contribution in [2.24, 2.45) is 5.73 Å². The fourth-order valence-corrected chi connectivity index (χ4v) is 3.44. The Labute approximate surface area is 162 Å². The SMILES string of the molecule is CC(N)=O.COc1cc(C#N)c(N2C=CSC2c2ccncc2)cc1OC. The summed E-state index contributed by atoms with van der Waals surface area (Å²) in [6.07, 6.45) is 5.51. The third-order valence-corrected chi connectivity index (χ3v) is 4.61. The van der Waals surface area contributed by atoms with Gasteiger partial charge in [-0.1, -0.05) is 0 Å². The molecule has 1 aromatic heterocycles. The van der Waals surface area contributed by atoms with Gasteiger partial charge in [0, 0.05) is 37.7 Å². The van der Waals surface area contributed by atoms with Crippen molar-refractivity contribution in [1.82, 2.24) is 4.98 Å². The summed E-state index contributed by atoms with van der Waals surface area (Å²) in [6.45, 7) is 1.31. The van der Waals surface area contributed by atoms with E-state index in [1.165, 1.54) is 6.92 Å². The minimum atomic E-state index is -0.333. The van der Waals surface area contributed by atoms with Crippen LogP contribution in [0, 0.1) is 11.3 Å². The second-order valence-corrected chi connectivity index (χ2v) is 6.40. The van der Waals surface area contributed by atoms with Crippen molar-refractivity contribution in [1.29, 1.82) is 5.26 Å². The second-order valence-electron chi connectivity index (χ2n) is 5.41. The third-order valence-electron chi connectivity index (χ3n) is 3.57. The number of methoxy groups -OCH3 is 2. The Morgan fingerprint density at radius 3 is 2.41 bits per heavy atom. The molecule has 0 saturated heterocycles. The molecule has 1 unspecified atom stereocenters. The summed E-state index contributed by atoms with van der Waals surface area (Å²) in [4.78, 5) is 15.3. The molecule has 1 amide bonds. The fraction of sp³-hybridized carbons (Fsp3) is 0.211. The molecule has 0 saturated carbocycles. The van der Waals surface area contributed by atoms with Gasteiger partial charge in [0.15, 0.2) is 11.5 Å². The highest BCUT2D eigenvalue weighted by molar-refractivity contribution is 8.02. The molecule has 7 nitrogen and oxygen atoms in total. The van der Waals surface area contributed by atoms with Crippen molar-refractivity contribution in [2.45, 2.75) is 12.3 Å². The van der Waals surface area contributed by atoms with E-state index < -0.39 is 0 Å². The lowest BCUT2D eigenvalue weighted by molar-refractivity contribution is -0.115. The molecule has 1 aliphatic heterocycles. The first-order valence-corrected chi connectivity index (χ1v) is 8.88. The highest BCUT2D eigenvalue weighted by Gasteiger charge is 2.26. The number of hydrogen-bond donors (Lipinski definition) is 1. The number of ether oxygens (including phenoxy) is 2. The minimum absolute atomic E-state index is 0.0585. The Morgan fingerprint density at radius 2 is 1.85 bits per heavy atom. The number of benzene rings is 1. The number of amides is 1. The van der Waals surface area contributed by atoms with E-state index in [4.69, 9.17) is 9.47 Å². The van der Waals surface area contributed by atoms with Gasteiger partial charge in [-0.15, -0.1) is 11.8 Å². The Balaban J connectivity index is 0.000000596. The molecule has 2 N–H and O–H groups in total. The quantitative estimate of drug-likeness (QED) is 0.864. The van der Waals surface area contributed by atoms with Crippen LogP contribution >= 0.6 is 11.8 Å². The molecule has 3 rings (SSSR count). The van der Waals surface area contributed by atoms with E-state index in [0.29, 0.717) is 17.1 Å². The van der Waals surface area contributed by atoms with Gasteiger partial charge < -0.3 is 20.1 Å². The summed E-state index contributed by atoms with van der Waals surface area (Å²) in [5, 5.41) is 11.6. The van der Waals surface area contributed by atoms with Crippen molar-refractivity contribution < 1.29 is 14.3 Å². The van der Waals surface area contributed by atoms with Crippen molar-refractivity contribution in [2.75, 3.05) is 19.1 Å². The molecule has 1 atom stereocenters. The summed E-state index contributed by atoms with van der Waals surface area (Å²) < 4.78 is 10.7.